The van der Waals surface area contributed by atoms with Crippen molar-refractivity contribution in [3.05, 3.63) is 82.5 Å². The largest absolute Gasteiger partial charge is 0.320 e. The molecule has 0 bridgehead atoms. The number of fused-ring (bicyclic) bond motifs is 2. The van der Waals surface area contributed by atoms with Crippen LogP contribution in [-0.2, 0) is 36.0 Å². The first-order chi connectivity index (χ1) is 19.7. The normalized spacial score (nSPS) is 14.8. The molecule has 4 aromatic rings. The van der Waals surface area contributed by atoms with Gasteiger partial charge in [0, 0.05) is 65.2 Å². The van der Waals surface area contributed by atoms with Gasteiger partial charge >= 0.3 is 0 Å². The maximum absolute atomic E-state index is 5.50. The summed E-state index contributed by atoms with van der Waals surface area (Å²) in [7, 11) is 4.11. The minimum Gasteiger partial charge on any atom is -0.320 e. The van der Waals surface area contributed by atoms with Gasteiger partial charge in [0.15, 0.2) is 0 Å². The zero-order valence-corrected chi connectivity index (χ0v) is 29.5. The number of hydrogen-bond acceptors (Lipinski definition) is 3. The van der Waals surface area contributed by atoms with E-state index < -0.39 is 0 Å². The maximum Gasteiger partial charge on any atom is 0.211 e. The van der Waals surface area contributed by atoms with Gasteiger partial charge in [0.2, 0.25) is 11.2 Å². The van der Waals surface area contributed by atoms with Crippen LogP contribution in [-0.4, -0.2) is 18.3 Å². The van der Waals surface area contributed by atoms with Crippen molar-refractivity contribution in [2.75, 3.05) is 0 Å². The van der Waals surface area contributed by atoms with Crippen molar-refractivity contribution in [1.29, 1.82) is 0 Å². The van der Waals surface area contributed by atoms with Crippen LogP contribution in [0.4, 0.5) is 11.4 Å². The number of nitrogens with zero attached hydrogens (tertiary/aromatic N) is 6. The van der Waals surface area contributed by atoms with Gasteiger partial charge < -0.3 is 18.3 Å². The Labute approximate surface area is 262 Å². The topological polar surface area (TPSA) is 44.4 Å². The number of benzene rings is 2. The van der Waals surface area contributed by atoms with E-state index in [4.69, 9.17) is 9.98 Å². The molecule has 0 atom stereocenters. The summed E-state index contributed by atoms with van der Waals surface area (Å²) < 4.78 is 8.76. The van der Waals surface area contributed by atoms with E-state index in [1.807, 2.05) is 11.8 Å². The lowest BCUT2D eigenvalue weighted by Crippen LogP contribution is -2.40. The monoisotopic (exact) mass is 598 g/mol. The summed E-state index contributed by atoms with van der Waals surface area (Å²) >= 11 is 1.82. The van der Waals surface area contributed by atoms with Crippen molar-refractivity contribution >= 4 is 23.1 Å². The SMILES string of the molecule is Cc1cc(N=c2n(C(C)(C)C)ccn2C(C)(C)C)c2c(c1)C(C)(C)c1cc(C(C)(C)C)cc(N=c3n(C)ccn3C)c1S2. The van der Waals surface area contributed by atoms with Gasteiger partial charge in [-0.3, -0.25) is 0 Å². The maximum atomic E-state index is 5.50. The average molecular weight is 599 g/mol. The molecule has 0 spiro atoms. The van der Waals surface area contributed by atoms with Gasteiger partial charge in [-0.05, 0) is 88.3 Å². The number of aromatic nitrogens is 4. The average Bonchev–Trinajstić information content (AvgIpc) is 3.43. The van der Waals surface area contributed by atoms with Gasteiger partial charge in [0.25, 0.3) is 0 Å². The van der Waals surface area contributed by atoms with Crippen LogP contribution in [0.3, 0.4) is 0 Å². The number of aryl methyl sites for hydroxylation is 3. The van der Waals surface area contributed by atoms with Crippen molar-refractivity contribution in [1.82, 2.24) is 18.3 Å². The molecule has 2 aromatic carbocycles. The molecule has 230 valence electrons. The van der Waals surface area contributed by atoms with Gasteiger partial charge in [-0.25, -0.2) is 9.98 Å². The molecule has 6 nitrogen and oxygen atoms in total. The Bertz CT molecular complexity index is 1790. The van der Waals surface area contributed by atoms with E-state index in [-0.39, 0.29) is 21.9 Å². The van der Waals surface area contributed by atoms with Crippen LogP contribution in [0.1, 0.15) is 98.4 Å². The van der Waals surface area contributed by atoms with Gasteiger partial charge in [0.1, 0.15) is 0 Å². The van der Waals surface area contributed by atoms with Crippen molar-refractivity contribution in [3.8, 4) is 0 Å². The molecule has 3 heterocycles. The molecule has 0 amide bonds. The second kappa shape index (κ2) is 10.2. The lowest BCUT2D eigenvalue weighted by atomic mass is 9.74. The number of hydrogen-bond donors (Lipinski definition) is 0. The third-order valence-corrected chi connectivity index (χ3v) is 9.79. The first-order valence-corrected chi connectivity index (χ1v) is 16.1. The van der Waals surface area contributed by atoms with Gasteiger partial charge in [-0.15, -0.1) is 0 Å². The Kier molecular flexibility index (Phi) is 7.40. The summed E-state index contributed by atoms with van der Waals surface area (Å²) in [5.74, 6) is 0. The fourth-order valence-corrected chi connectivity index (χ4v) is 7.32. The van der Waals surface area contributed by atoms with Gasteiger partial charge in [-0.2, -0.15) is 0 Å². The fourth-order valence-electron chi connectivity index (χ4n) is 5.85. The van der Waals surface area contributed by atoms with E-state index in [1.165, 1.54) is 32.0 Å². The van der Waals surface area contributed by atoms with Gasteiger partial charge in [-0.1, -0.05) is 58.5 Å². The Hall–Kier alpha value is -3.19. The molecule has 0 radical (unpaired) electrons. The van der Waals surface area contributed by atoms with Gasteiger partial charge in [0.05, 0.1) is 11.4 Å². The van der Waals surface area contributed by atoms with E-state index in [1.54, 1.807) is 0 Å². The number of imidazole rings is 2. The zero-order chi connectivity index (χ0) is 31.9. The second-order valence-electron chi connectivity index (χ2n) is 15.7. The molecule has 0 saturated carbocycles. The summed E-state index contributed by atoms with van der Waals surface area (Å²) in [6.07, 6.45) is 8.45. The second-order valence-corrected chi connectivity index (χ2v) is 16.8. The molecule has 2 aromatic heterocycles. The summed E-state index contributed by atoms with van der Waals surface area (Å²) in [6, 6.07) is 9.33. The van der Waals surface area contributed by atoms with Crippen molar-refractivity contribution in [2.45, 2.75) is 115 Å². The molecule has 7 heteroatoms. The first-order valence-electron chi connectivity index (χ1n) is 15.3. The van der Waals surface area contributed by atoms with Crippen LogP contribution in [0.15, 0.2) is 68.8 Å². The van der Waals surface area contributed by atoms with E-state index >= 15 is 0 Å². The molecular formula is C36H50N6S. The minimum atomic E-state index is -0.236. The highest BCUT2D eigenvalue weighted by atomic mass is 32.2. The predicted octanol–water partition coefficient (Wildman–Crippen LogP) is 8.34. The molecule has 0 aliphatic carbocycles. The Morgan fingerprint density at radius 1 is 0.628 bits per heavy atom. The molecule has 0 saturated heterocycles. The lowest BCUT2D eigenvalue weighted by molar-refractivity contribution is 0.336. The van der Waals surface area contributed by atoms with Crippen LogP contribution in [0.25, 0.3) is 0 Å². The molecule has 0 N–H and O–H groups in total. The smallest absolute Gasteiger partial charge is 0.211 e. The predicted molar refractivity (Wildman–Crippen MR) is 180 cm³/mol. The van der Waals surface area contributed by atoms with Crippen LogP contribution < -0.4 is 11.2 Å². The van der Waals surface area contributed by atoms with Crippen LogP contribution in [0.2, 0.25) is 0 Å². The minimum absolute atomic E-state index is 0.0112. The summed E-state index contributed by atoms with van der Waals surface area (Å²) in [4.78, 5) is 13.2. The van der Waals surface area contributed by atoms with E-state index in [0.717, 1.165) is 22.6 Å². The molecule has 43 heavy (non-hydrogen) atoms. The quantitative estimate of drug-likeness (QED) is 0.229. The Morgan fingerprint density at radius 2 is 1.09 bits per heavy atom. The Balaban J connectivity index is 1.85. The summed E-state index contributed by atoms with van der Waals surface area (Å²) in [5.41, 5.74) is 8.59. The first kappa shape index (κ1) is 31.2. The van der Waals surface area contributed by atoms with Crippen molar-refractivity contribution in [3.63, 3.8) is 0 Å². The van der Waals surface area contributed by atoms with Crippen molar-refractivity contribution in [2.24, 2.45) is 24.1 Å². The highest BCUT2D eigenvalue weighted by Gasteiger charge is 2.37. The molecular weight excluding hydrogens is 549 g/mol. The zero-order valence-electron chi connectivity index (χ0n) is 28.7. The summed E-state index contributed by atoms with van der Waals surface area (Å²) in [6.45, 7) is 27.2. The standard InChI is InChI=1S/C36H50N6S/c1-23-19-25-29(27(20-23)38-32-41(34(5,6)7)17-18-42(32)35(8,9)10)43-30-26(36(25,11)12)21-24(33(2,3)4)22-28(30)37-31-39(13)15-16-40(31)14/h15-22H,1-14H3. The highest BCUT2D eigenvalue weighted by Crippen LogP contribution is 2.56. The third kappa shape index (κ3) is 5.61. The highest BCUT2D eigenvalue weighted by molar-refractivity contribution is 7.99. The molecule has 0 unspecified atom stereocenters. The van der Waals surface area contributed by atoms with Crippen LogP contribution >= 0.6 is 11.8 Å². The van der Waals surface area contributed by atoms with Crippen molar-refractivity contribution < 1.29 is 0 Å². The van der Waals surface area contributed by atoms with Crippen LogP contribution in [0.5, 0.6) is 0 Å². The molecule has 0 fully saturated rings. The summed E-state index contributed by atoms with van der Waals surface area (Å²) in [5, 5.41) is 0. The van der Waals surface area contributed by atoms with Crippen LogP contribution in [0, 0.1) is 6.92 Å². The Morgan fingerprint density at radius 3 is 1.58 bits per heavy atom. The molecule has 5 rings (SSSR count). The van der Waals surface area contributed by atoms with E-state index in [9.17, 15) is 0 Å². The molecule has 1 aliphatic rings. The third-order valence-electron chi connectivity index (χ3n) is 8.53. The fraction of sp³-hybridized carbons (Fsp3) is 0.500. The number of rotatable bonds is 2. The van der Waals surface area contributed by atoms with E-state index in [0.29, 0.717) is 0 Å². The molecule has 1 aliphatic heterocycles. The lowest BCUT2D eigenvalue weighted by Gasteiger charge is -2.37. The van der Waals surface area contributed by atoms with E-state index in [2.05, 4.69) is 165 Å².